The lowest BCUT2D eigenvalue weighted by atomic mass is 9.69. The zero-order chi connectivity index (χ0) is 27.8. The maximum atomic E-state index is 11.3. The molecule has 0 saturated heterocycles. The van der Waals surface area contributed by atoms with Gasteiger partial charge in [0, 0.05) is 46.0 Å². The summed E-state index contributed by atoms with van der Waals surface area (Å²) in [6, 6.07) is 6.03. The van der Waals surface area contributed by atoms with Gasteiger partial charge in [-0.2, -0.15) is 0 Å². The van der Waals surface area contributed by atoms with E-state index in [4.69, 9.17) is 21.1 Å². The Morgan fingerprint density at radius 1 is 1.26 bits per heavy atom. The molecule has 0 radical (unpaired) electrons. The molecule has 0 aliphatic heterocycles. The number of aromatic nitrogens is 1. The topological polar surface area (TPSA) is 101 Å². The van der Waals surface area contributed by atoms with Crippen molar-refractivity contribution in [3.63, 3.8) is 0 Å². The highest BCUT2D eigenvalue weighted by Crippen LogP contribution is 2.49. The number of benzene rings is 1. The fourth-order valence-corrected chi connectivity index (χ4v) is 5.62. The molecule has 0 bridgehead atoms. The molecule has 9 heteroatoms. The SMILES string of the molecule is C[C@@]1(C2C=CC=CC2)CC=CC(COc2cc(OCc3cccnc3)c(CN[C@@H](CO)C(=O)O)cc2Cl)=C1Br. The number of pyridine rings is 1. The van der Waals surface area contributed by atoms with Gasteiger partial charge in [0.2, 0.25) is 0 Å². The highest BCUT2D eigenvalue weighted by Gasteiger charge is 2.37. The number of carboxylic acid groups (broad SMARTS) is 1. The Bertz CT molecular complexity index is 1290. The molecule has 206 valence electrons. The second kappa shape index (κ2) is 13.4. The van der Waals surface area contributed by atoms with Crippen LogP contribution in [-0.4, -0.2) is 40.4 Å². The lowest BCUT2D eigenvalue weighted by Crippen LogP contribution is -2.39. The first-order chi connectivity index (χ1) is 18.8. The number of nitrogens with zero attached hydrogens (tertiary/aromatic N) is 1. The number of halogens is 2. The minimum absolute atomic E-state index is 0.0700. The summed E-state index contributed by atoms with van der Waals surface area (Å²) in [6.45, 7) is 2.42. The molecule has 3 atom stereocenters. The van der Waals surface area contributed by atoms with Crippen LogP contribution in [0.2, 0.25) is 5.02 Å². The van der Waals surface area contributed by atoms with Crippen molar-refractivity contribution in [2.75, 3.05) is 13.2 Å². The number of ether oxygens (including phenoxy) is 2. The van der Waals surface area contributed by atoms with Crippen LogP contribution in [0.5, 0.6) is 11.5 Å². The maximum absolute atomic E-state index is 11.3. The molecule has 39 heavy (non-hydrogen) atoms. The van der Waals surface area contributed by atoms with E-state index in [1.807, 2.05) is 12.1 Å². The van der Waals surface area contributed by atoms with Crippen LogP contribution in [0, 0.1) is 11.3 Å². The average molecular weight is 616 g/mol. The van der Waals surface area contributed by atoms with Crippen molar-refractivity contribution in [1.82, 2.24) is 10.3 Å². The first-order valence-electron chi connectivity index (χ1n) is 12.7. The Labute approximate surface area is 242 Å². The first-order valence-corrected chi connectivity index (χ1v) is 13.9. The van der Waals surface area contributed by atoms with E-state index in [1.165, 1.54) is 0 Å². The van der Waals surface area contributed by atoms with Crippen LogP contribution in [0.15, 0.2) is 83.2 Å². The van der Waals surface area contributed by atoms with E-state index in [0.717, 1.165) is 28.5 Å². The molecule has 0 spiro atoms. The fraction of sp³-hybridized carbons (Fsp3) is 0.333. The van der Waals surface area contributed by atoms with Gasteiger partial charge in [-0.3, -0.25) is 15.1 Å². The molecule has 1 aromatic heterocycles. The highest BCUT2D eigenvalue weighted by molar-refractivity contribution is 9.11. The minimum atomic E-state index is -1.15. The van der Waals surface area contributed by atoms with Gasteiger partial charge < -0.3 is 19.7 Å². The molecule has 0 fully saturated rings. The number of nitrogens with one attached hydrogen (secondary N) is 1. The number of rotatable bonds is 12. The van der Waals surface area contributed by atoms with Crippen LogP contribution < -0.4 is 14.8 Å². The van der Waals surface area contributed by atoms with Gasteiger partial charge in [0.1, 0.15) is 30.8 Å². The number of aliphatic hydroxyl groups is 1. The van der Waals surface area contributed by atoms with Crippen LogP contribution >= 0.6 is 27.5 Å². The van der Waals surface area contributed by atoms with E-state index in [0.29, 0.717) is 34.6 Å². The number of hydrogen-bond donors (Lipinski definition) is 3. The number of aliphatic carboxylic acids is 1. The van der Waals surface area contributed by atoms with Crippen LogP contribution in [0.25, 0.3) is 0 Å². The van der Waals surface area contributed by atoms with E-state index in [1.54, 1.807) is 24.5 Å². The van der Waals surface area contributed by atoms with Gasteiger partial charge in [0.25, 0.3) is 0 Å². The standard InChI is InChI=1S/C30H32BrClN2O5/c1-30(23-9-3-2-4-10-23)11-5-8-21(28(30)31)19-39-27-14-26(38-18-20-7-6-12-33-15-20)22(13-24(27)32)16-34-25(17-35)29(36)37/h2-9,12-15,23,25,34-35H,10-11,16-19H2,1H3,(H,36,37)/t23?,25-,30-/m0/s1. The molecule has 7 nitrogen and oxygen atoms in total. The van der Waals surface area contributed by atoms with Gasteiger partial charge in [0.05, 0.1) is 11.6 Å². The van der Waals surface area contributed by atoms with E-state index >= 15 is 0 Å². The van der Waals surface area contributed by atoms with Crippen LogP contribution in [0.4, 0.5) is 0 Å². The summed E-state index contributed by atoms with van der Waals surface area (Å²) in [6.07, 6.45) is 18.3. The van der Waals surface area contributed by atoms with Crippen molar-refractivity contribution >= 4 is 33.5 Å². The van der Waals surface area contributed by atoms with Crippen molar-refractivity contribution in [2.24, 2.45) is 11.3 Å². The molecular weight excluding hydrogens is 584 g/mol. The van der Waals surface area contributed by atoms with E-state index in [2.05, 4.69) is 69.6 Å². The Balaban J connectivity index is 1.55. The van der Waals surface area contributed by atoms with Crippen molar-refractivity contribution in [3.05, 3.63) is 99.3 Å². The Kier molecular flexibility index (Phi) is 10.0. The van der Waals surface area contributed by atoms with Gasteiger partial charge in [-0.25, -0.2) is 0 Å². The maximum Gasteiger partial charge on any atom is 0.323 e. The molecule has 1 aromatic carbocycles. The quantitative estimate of drug-likeness (QED) is 0.270. The molecule has 0 saturated carbocycles. The van der Waals surface area contributed by atoms with Crippen molar-refractivity contribution in [3.8, 4) is 11.5 Å². The molecule has 0 amide bonds. The number of carboxylic acids is 1. The summed E-state index contributed by atoms with van der Waals surface area (Å²) < 4.78 is 13.4. The summed E-state index contributed by atoms with van der Waals surface area (Å²) in [5.74, 6) is 0.178. The summed E-state index contributed by atoms with van der Waals surface area (Å²) in [5.41, 5.74) is 2.48. The van der Waals surface area contributed by atoms with Gasteiger partial charge in [-0.05, 0) is 36.5 Å². The second-order valence-corrected chi connectivity index (χ2v) is 11.0. The molecule has 4 rings (SSSR count). The second-order valence-electron chi connectivity index (χ2n) is 9.80. The summed E-state index contributed by atoms with van der Waals surface area (Å²) in [4.78, 5) is 15.5. The predicted octanol–water partition coefficient (Wildman–Crippen LogP) is 5.98. The number of allylic oxidation sites excluding steroid dienone is 6. The normalized spacial score (nSPS) is 21.2. The fourth-order valence-electron chi connectivity index (χ4n) is 4.68. The third-order valence-electron chi connectivity index (χ3n) is 7.08. The van der Waals surface area contributed by atoms with Gasteiger partial charge >= 0.3 is 5.97 Å². The monoisotopic (exact) mass is 614 g/mol. The summed E-state index contributed by atoms with van der Waals surface area (Å²) in [7, 11) is 0. The molecular formula is C30H32BrClN2O5. The largest absolute Gasteiger partial charge is 0.488 e. The van der Waals surface area contributed by atoms with Gasteiger partial charge in [0.15, 0.2) is 0 Å². The van der Waals surface area contributed by atoms with Crippen LogP contribution in [0.3, 0.4) is 0 Å². The molecule has 2 aromatic rings. The van der Waals surface area contributed by atoms with Crippen LogP contribution in [-0.2, 0) is 17.9 Å². The highest BCUT2D eigenvalue weighted by atomic mass is 79.9. The van der Waals surface area contributed by atoms with Gasteiger partial charge in [-0.1, -0.05) is 77.0 Å². The zero-order valence-electron chi connectivity index (χ0n) is 21.6. The molecule has 2 aliphatic carbocycles. The van der Waals surface area contributed by atoms with E-state index in [9.17, 15) is 15.0 Å². The number of aliphatic hydroxyl groups excluding tert-OH is 1. The minimum Gasteiger partial charge on any atom is -0.488 e. The van der Waals surface area contributed by atoms with Crippen LogP contribution in [0.1, 0.15) is 30.9 Å². The molecule has 1 heterocycles. The molecule has 3 N–H and O–H groups in total. The predicted molar refractivity (Wildman–Crippen MR) is 155 cm³/mol. The molecule has 1 unspecified atom stereocenters. The smallest absolute Gasteiger partial charge is 0.323 e. The Morgan fingerprint density at radius 2 is 2.08 bits per heavy atom. The Hall–Kier alpha value is -2.91. The summed E-state index contributed by atoms with van der Waals surface area (Å²) in [5, 5.41) is 21.9. The van der Waals surface area contributed by atoms with Crippen molar-refractivity contribution in [1.29, 1.82) is 0 Å². The zero-order valence-corrected chi connectivity index (χ0v) is 24.0. The summed E-state index contributed by atoms with van der Waals surface area (Å²) >= 11 is 10.5. The lowest BCUT2D eigenvalue weighted by Gasteiger charge is -2.39. The van der Waals surface area contributed by atoms with Crippen molar-refractivity contribution < 1.29 is 24.5 Å². The van der Waals surface area contributed by atoms with Crippen molar-refractivity contribution in [2.45, 2.75) is 39.0 Å². The average Bonchev–Trinajstić information content (AvgIpc) is 2.95. The third-order valence-corrected chi connectivity index (χ3v) is 8.79. The lowest BCUT2D eigenvalue weighted by molar-refractivity contribution is -0.140. The first kappa shape index (κ1) is 29.1. The Morgan fingerprint density at radius 3 is 2.77 bits per heavy atom. The molecule has 2 aliphatic rings. The third kappa shape index (κ3) is 7.19. The van der Waals surface area contributed by atoms with E-state index in [-0.39, 0.29) is 18.6 Å². The number of hydrogen-bond acceptors (Lipinski definition) is 6. The van der Waals surface area contributed by atoms with E-state index < -0.39 is 18.6 Å². The van der Waals surface area contributed by atoms with Gasteiger partial charge in [-0.15, -0.1) is 0 Å². The number of carbonyl (C=O) groups is 1.